The Labute approximate surface area is 283 Å². The lowest BCUT2D eigenvalue weighted by Gasteiger charge is -2.64. The summed E-state index contributed by atoms with van der Waals surface area (Å²) >= 11 is 0. The maximum absolute atomic E-state index is 12.5. The molecule has 14 unspecified atom stereocenters. The third kappa shape index (κ3) is 4.60. The van der Waals surface area contributed by atoms with Crippen LogP contribution in [0.3, 0.4) is 0 Å². The van der Waals surface area contributed by atoms with Crippen molar-refractivity contribution >= 4 is 0 Å². The van der Waals surface area contributed by atoms with Gasteiger partial charge in [0, 0.05) is 37.8 Å². The van der Waals surface area contributed by atoms with Crippen LogP contribution < -0.4 is 0 Å². The molecule has 47 heavy (non-hydrogen) atoms. The first-order valence-corrected chi connectivity index (χ1v) is 19.4. The monoisotopic (exact) mass is 659 g/mol. The van der Waals surface area contributed by atoms with E-state index in [2.05, 4.69) is 39.5 Å². The third-order valence-corrected chi connectivity index (χ3v) is 16.9. The fourth-order valence-corrected chi connectivity index (χ4v) is 14.5. The van der Waals surface area contributed by atoms with Crippen LogP contribution in [0.5, 0.6) is 0 Å². The Hall–Kier alpha value is -0.320. The van der Waals surface area contributed by atoms with E-state index in [4.69, 9.17) is 18.9 Å². The van der Waals surface area contributed by atoms with Crippen molar-refractivity contribution in [2.75, 3.05) is 32.9 Å². The number of rotatable bonds is 5. The van der Waals surface area contributed by atoms with Crippen LogP contribution in [0.2, 0.25) is 0 Å². The highest BCUT2D eigenvalue weighted by atomic mass is 16.7. The first-order valence-electron chi connectivity index (χ1n) is 19.4. The van der Waals surface area contributed by atoms with E-state index in [9.17, 15) is 15.3 Å². The van der Waals surface area contributed by atoms with Crippen molar-refractivity contribution in [1.29, 1.82) is 0 Å². The van der Waals surface area contributed by atoms with Crippen LogP contribution in [0, 0.1) is 50.7 Å². The molecule has 0 amide bonds. The van der Waals surface area contributed by atoms with Gasteiger partial charge in [0.2, 0.25) is 0 Å². The van der Waals surface area contributed by atoms with Crippen LogP contribution in [0.1, 0.15) is 113 Å². The zero-order valence-corrected chi connectivity index (χ0v) is 30.4. The van der Waals surface area contributed by atoms with E-state index < -0.39 is 23.9 Å². The number of aliphatic hydroxyl groups excluding tert-OH is 2. The number of fused-ring (bicyclic) bond motifs is 4. The molecule has 3 N–H and O–H groups in total. The van der Waals surface area contributed by atoms with Crippen LogP contribution in [0.4, 0.5) is 0 Å². The van der Waals surface area contributed by atoms with Crippen molar-refractivity contribution in [2.45, 2.75) is 161 Å². The molecule has 8 nitrogen and oxygen atoms in total. The molecule has 268 valence electrons. The van der Waals surface area contributed by atoms with E-state index in [0.29, 0.717) is 29.2 Å². The molecule has 3 saturated heterocycles. The number of morpholine rings is 1. The summed E-state index contributed by atoms with van der Waals surface area (Å²) in [6, 6.07) is 0.585. The van der Waals surface area contributed by atoms with Crippen LogP contribution in [0.25, 0.3) is 0 Å². The SMILES string of the molecule is CC1CC(C(O)C(C)(C)O)OC2C1C1(C)CCC34CC35CCC(OC3CN(C6CCOCC6)CCO3)C(C)(C)C5CCC4C1(C)C2O. The van der Waals surface area contributed by atoms with Gasteiger partial charge in [0.25, 0.3) is 0 Å². The minimum Gasteiger partial charge on any atom is -0.390 e. The summed E-state index contributed by atoms with van der Waals surface area (Å²) < 4.78 is 25.6. The summed E-state index contributed by atoms with van der Waals surface area (Å²) in [4.78, 5) is 2.59. The van der Waals surface area contributed by atoms with Gasteiger partial charge in [0.05, 0.1) is 36.6 Å². The van der Waals surface area contributed by atoms with Gasteiger partial charge in [-0.05, 0) is 123 Å². The molecular weight excluding hydrogens is 594 g/mol. The first-order chi connectivity index (χ1) is 22.1. The molecule has 8 aliphatic rings. The molecular formula is C39H65NO7. The summed E-state index contributed by atoms with van der Waals surface area (Å²) in [6.45, 7) is 19.8. The van der Waals surface area contributed by atoms with Crippen LogP contribution >= 0.6 is 0 Å². The van der Waals surface area contributed by atoms with Crippen molar-refractivity contribution in [3.63, 3.8) is 0 Å². The lowest BCUT2D eigenvalue weighted by atomic mass is 9.41. The van der Waals surface area contributed by atoms with E-state index in [0.717, 1.165) is 71.4 Å². The van der Waals surface area contributed by atoms with Gasteiger partial charge in [-0.3, -0.25) is 4.90 Å². The second-order valence-electron chi connectivity index (χ2n) is 19.4. The van der Waals surface area contributed by atoms with Gasteiger partial charge in [-0.15, -0.1) is 0 Å². The number of aliphatic hydroxyl groups is 3. The molecule has 3 aliphatic heterocycles. The van der Waals surface area contributed by atoms with Crippen molar-refractivity contribution in [3.05, 3.63) is 0 Å². The lowest BCUT2D eigenvalue weighted by Crippen LogP contribution is -2.60. The summed E-state index contributed by atoms with van der Waals surface area (Å²) in [6.07, 6.45) is 9.05. The molecule has 8 heteroatoms. The quantitative estimate of drug-likeness (QED) is 0.373. The first kappa shape index (κ1) is 33.8. The predicted molar refractivity (Wildman–Crippen MR) is 178 cm³/mol. The predicted octanol–water partition coefficient (Wildman–Crippen LogP) is 5.15. The lowest BCUT2D eigenvalue weighted by molar-refractivity contribution is -0.252. The van der Waals surface area contributed by atoms with E-state index in [1.165, 1.54) is 25.7 Å². The maximum atomic E-state index is 12.5. The molecule has 2 spiro atoms. The summed E-state index contributed by atoms with van der Waals surface area (Å²) in [7, 11) is 0. The Morgan fingerprint density at radius 3 is 2.34 bits per heavy atom. The third-order valence-electron chi connectivity index (χ3n) is 16.9. The van der Waals surface area contributed by atoms with Gasteiger partial charge in [-0.2, -0.15) is 0 Å². The standard InChI is InChI=1S/C39H65NO7/c1-23-20-25(32(41)35(4,5)43)46-31-30(23)36(6)14-15-39-22-38(39)13-10-28(34(2,3)26(38)8-9-27(39)37(36,7)33(31)42)47-29-21-40(16-19-45-29)24-11-17-44-18-12-24/h23-33,41-43H,8-22H2,1-7H3. The van der Waals surface area contributed by atoms with Gasteiger partial charge in [-0.1, -0.05) is 34.6 Å². The second kappa shape index (κ2) is 11.1. The topological polar surface area (TPSA) is 101 Å². The number of hydrogen-bond acceptors (Lipinski definition) is 8. The molecule has 0 bridgehead atoms. The van der Waals surface area contributed by atoms with Crippen molar-refractivity contribution in [1.82, 2.24) is 4.90 Å². The Morgan fingerprint density at radius 2 is 1.62 bits per heavy atom. The van der Waals surface area contributed by atoms with E-state index in [-0.39, 0.29) is 46.1 Å². The van der Waals surface area contributed by atoms with Crippen LogP contribution in [-0.2, 0) is 18.9 Å². The zero-order chi connectivity index (χ0) is 33.4. The number of nitrogens with zero attached hydrogens (tertiary/aromatic N) is 1. The molecule has 0 radical (unpaired) electrons. The highest BCUT2D eigenvalue weighted by molar-refractivity contribution is 5.33. The molecule has 8 rings (SSSR count). The Bertz CT molecular complexity index is 1200. The molecule has 14 atom stereocenters. The molecule has 0 aromatic heterocycles. The fraction of sp³-hybridized carbons (Fsp3) is 1.00. The van der Waals surface area contributed by atoms with Gasteiger partial charge in [0.15, 0.2) is 6.29 Å². The molecule has 5 aliphatic carbocycles. The number of hydrogen-bond donors (Lipinski definition) is 3. The van der Waals surface area contributed by atoms with Gasteiger partial charge in [0.1, 0.15) is 6.10 Å². The highest BCUT2D eigenvalue weighted by Crippen LogP contribution is 2.89. The van der Waals surface area contributed by atoms with E-state index in [1.54, 1.807) is 13.8 Å². The fourth-order valence-electron chi connectivity index (χ4n) is 14.5. The zero-order valence-electron chi connectivity index (χ0n) is 30.4. The van der Waals surface area contributed by atoms with Crippen molar-refractivity contribution in [2.24, 2.45) is 50.7 Å². The van der Waals surface area contributed by atoms with Gasteiger partial charge in [-0.25, -0.2) is 0 Å². The minimum absolute atomic E-state index is 0.0157. The van der Waals surface area contributed by atoms with Gasteiger partial charge >= 0.3 is 0 Å². The Balaban J connectivity index is 1.01. The van der Waals surface area contributed by atoms with Gasteiger partial charge < -0.3 is 34.3 Å². The summed E-state index contributed by atoms with van der Waals surface area (Å²) in [5.41, 5.74) is -0.800. The maximum Gasteiger partial charge on any atom is 0.170 e. The average Bonchev–Trinajstić information content (AvgIpc) is 3.67. The average molecular weight is 660 g/mol. The Morgan fingerprint density at radius 1 is 0.915 bits per heavy atom. The largest absolute Gasteiger partial charge is 0.390 e. The smallest absolute Gasteiger partial charge is 0.170 e. The van der Waals surface area contributed by atoms with Crippen molar-refractivity contribution < 1.29 is 34.3 Å². The van der Waals surface area contributed by atoms with E-state index in [1.807, 2.05) is 0 Å². The van der Waals surface area contributed by atoms with Crippen LogP contribution in [0.15, 0.2) is 0 Å². The number of ether oxygens (including phenoxy) is 4. The normalized spacial score (nSPS) is 53.6. The molecule has 5 saturated carbocycles. The van der Waals surface area contributed by atoms with Crippen LogP contribution in [-0.4, -0.2) is 102 Å². The molecule has 0 aromatic rings. The molecule has 8 fully saturated rings. The minimum atomic E-state index is -1.24. The Kier molecular flexibility index (Phi) is 7.98. The highest BCUT2D eigenvalue weighted by Gasteiger charge is 2.84. The summed E-state index contributed by atoms with van der Waals surface area (Å²) in [5, 5.41) is 34.2. The second-order valence-corrected chi connectivity index (χ2v) is 19.4. The molecule has 3 heterocycles. The van der Waals surface area contributed by atoms with E-state index >= 15 is 0 Å². The molecule has 0 aromatic carbocycles. The summed E-state index contributed by atoms with van der Waals surface area (Å²) in [5.74, 6) is 1.67. The van der Waals surface area contributed by atoms with Crippen molar-refractivity contribution in [3.8, 4) is 0 Å².